The maximum atomic E-state index is 10.6. The van der Waals surface area contributed by atoms with Crippen LogP contribution in [0, 0.1) is 0 Å². The van der Waals surface area contributed by atoms with Crippen LogP contribution in [-0.4, -0.2) is 26.9 Å². The highest BCUT2D eigenvalue weighted by molar-refractivity contribution is 5.77. The fraction of sp³-hybridized carbons (Fsp3) is 0.300. The second kappa shape index (κ2) is 3.77. The Morgan fingerprint density at radius 2 is 1.86 bits per heavy atom. The summed E-state index contributed by atoms with van der Waals surface area (Å²) in [5.41, 5.74) is -1.79. The van der Waals surface area contributed by atoms with Crippen LogP contribution in [-0.2, 0) is 4.79 Å². The first-order chi connectivity index (χ1) is 6.46. The van der Waals surface area contributed by atoms with Crippen molar-refractivity contribution >= 4 is 5.97 Å². The molecule has 0 heterocycles. The molecule has 0 aromatic heterocycles. The summed E-state index contributed by atoms with van der Waals surface area (Å²) in [5.74, 6) is -1.45. The van der Waals surface area contributed by atoms with Crippen molar-refractivity contribution in [3.63, 3.8) is 0 Å². The van der Waals surface area contributed by atoms with Crippen molar-refractivity contribution in [1.29, 1.82) is 0 Å². The maximum Gasteiger partial charge on any atom is 0.338 e. The second-order valence-electron chi connectivity index (χ2n) is 3.27. The van der Waals surface area contributed by atoms with Crippen molar-refractivity contribution in [1.82, 2.24) is 0 Å². The summed E-state index contributed by atoms with van der Waals surface area (Å²) < 4.78 is 0. The van der Waals surface area contributed by atoms with E-state index < -0.39 is 17.7 Å². The third-order valence-corrected chi connectivity index (χ3v) is 2.08. The van der Waals surface area contributed by atoms with Crippen molar-refractivity contribution in [3.8, 4) is 0 Å². The van der Waals surface area contributed by atoms with Gasteiger partial charge in [-0.25, -0.2) is 4.79 Å². The molecule has 1 aromatic rings. The average Bonchev–Trinajstić information content (AvgIpc) is 2.17. The Bertz CT molecular complexity index is 318. The van der Waals surface area contributed by atoms with Gasteiger partial charge in [-0.15, -0.1) is 0 Å². The van der Waals surface area contributed by atoms with Crippen molar-refractivity contribution < 1.29 is 20.1 Å². The van der Waals surface area contributed by atoms with Gasteiger partial charge in [-0.3, -0.25) is 0 Å². The van der Waals surface area contributed by atoms with E-state index in [1.54, 1.807) is 30.3 Å². The Kier molecular flexibility index (Phi) is 2.88. The Morgan fingerprint density at radius 3 is 2.29 bits per heavy atom. The van der Waals surface area contributed by atoms with E-state index in [1.165, 1.54) is 0 Å². The number of carbonyl (C=O) groups is 1. The molecule has 0 bridgehead atoms. The topological polar surface area (TPSA) is 77.8 Å². The molecule has 0 fully saturated rings. The first-order valence-corrected chi connectivity index (χ1v) is 4.15. The molecule has 76 valence electrons. The quantitative estimate of drug-likeness (QED) is 0.660. The molecule has 3 N–H and O–H groups in total. The number of aliphatic hydroxyl groups is 2. The van der Waals surface area contributed by atoms with Gasteiger partial charge in [-0.2, -0.15) is 0 Å². The summed E-state index contributed by atoms with van der Waals surface area (Å²) in [6.45, 7) is 1.06. The van der Waals surface area contributed by atoms with Crippen LogP contribution < -0.4 is 0 Å². The van der Waals surface area contributed by atoms with Gasteiger partial charge in [0.05, 0.1) is 0 Å². The van der Waals surface area contributed by atoms with Gasteiger partial charge in [0.1, 0.15) is 6.10 Å². The second-order valence-corrected chi connectivity index (χ2v) is 3.27. The number of aliphatic hydroxyl groups excluding tert-OH is 1. The van der Waals surface area contributed by atoms with Crippen LogP contribution in [0.2, 0.25) is 0 Å². The van der Waals surface area contributed by atoms with Crippen LogP contribution >= 0.6 is 0 Å². The lowest BCUT2D eigenvalue weighted by atomic mass is 9.93. The summed E-state index contributed by atoms with van der Waals surface area (Å²) in [7, 11) is 0. The summed E-state index contributed by atoms with van der Waals surface area (Å²) in [6, 6.07) is 8.18. The normalized spacial score (nSPS) is 17.1. The van der Waals surface area contributed by atoms with Crippen molar-refractivity contribution in [3.05, 3.63) is 35.9 Å². The predicted molar refractivity (Wildman–Crippen MR) is 49.7 cm³/mol. The summed E-state index contributed by atoms with van der Waals surface area (Å²) in [5, 5.41) is 27.7. The Balaban J connectivity index is 2.96. The molecule has 0 amide bonds. The van der Waals surface area contributed by atoms with Crippen LogP contribution in [0.5, 0.6) is 0 Å². The SMILES string of the molecule is CC(O)(C(=O)O)[C@@H](O)c1ccccc1. The number of benzene rings is 1. The van der Waals surface area contributed by atoms with Gasteiger partial charge in [0.2, 0.25) is 0 Å². The first kappa shape index (κ1) is 10.7. The van der Waals surface area contributed by atoms with E-state index in [2.05, 4.69) is 0 Å². The lowest BCUT2D eigenvalue weighted by molar-refractivity contribution is -0.169. The average molecular weight is 196 g/mol. The minimum atomic E-state index is -2.17. The van der Waals surface area contributed by atoms with Gasteiger partial charge >= 0.3 is 5.97 Å². The number of hydrogen-bond donors (Lipinski definition) is 3. The number of carboxylic acid groups (broad SMARTS) is 1. The smallest absolute Gasteiger partial charge is 0.338 e. The molecular weight excluding hydrogens is 184 g/mol. The summed E-state index contributed by atoms with van der Waals surface area (Å²) in [4.78, 5) is 10.6. The van der Waals surface area contributed by atoms with Gasteiger partial charge in [0.15, 0.2) is 5.60 Å². The standard InChI is InChI=1S/C10H12O4/c1-10(14,9(12)13)8(11)7-5-3-2-4-6-7/h2-6,8,11,14H,1H3,(H,12,13)/t8-,10?/m0/s1. The van der Waals surface area contributed by atoms with Crippen molar-refractivity contribution in [2.24, 2.45) is 0 Å². The van der Waals surface area contributed by atoms with Crippen LogP contribution in [0.15, 0.2) is 30.3 Å². The Hall–Kier alpha value is -1.39. The Morgan fingerprint density at radius 1 is 1.36 bits per heavy atom. The van der Waals surface area contributed by atoms with E-state index >= 15 is 0 Å². The van der Waals surface area contributed by atoms with Crippen LogP contribution in [0.3, 0.4) is 0 Å². The van der Waals surface area contributed by atoms with Crippen molar-refractivity contribution in [2.75, 3.05) is 0 Å². The molecule has 1 rings (SSSR count). The highest BCUT2D eigenvalue weighted by atomic mass is 16.4. The van der Waals surface area contributed by atoms with E-state index in [-0.39, 0.29) is 0 Å². The van der Waals surface area contributed by atoms with Crippen LogP contribution in [0.25, 0.3) is 0 Å². The number of carboxylic acids is 1. The van der Waals surface area contributed by atoms with Crippen LogP contribution in [0.4, 0.5) is 0 Å². The van der Waals surface area contributed by atoms with Gasteiger partial charge in [0.25, 0.3) is 0 Å². The molecule has 4 nitrogen and oxygen atoms in total. The van der Waals surface area contributed by atoms with Gasteiger partial charge < -0.3 is 15.3 Å². The van der Waals surface area contributed by atoms with Crippen molar-refractivity contribution in [2.45, 2.75) is 18.6 Å². The van der Waals surface area contributed by atoms with E-state index in [0.717, 1.165) is 6.92 Å². The molecule has 0 aliphatic rings. The highest BCUT2D eigenvalue weighted by Crippen LogP contribution is 2.25. The highest BCUT2D eigenvalue weighted by Gasteiger charge is 2.39. The molecule has 1 unspecified atom stereocenters. The van der Waals surface area contributed by atoms with Gasteiger partial charge in [-0.1, -0.05) is 30.3 Å². The third-order valence-electron chi connectivity index (χ3n) is 2.08. The molecule has 4 heteroatoms. The van der Waals surface area contributed by atoms with E-state index in [0.29, 0.717) is 5.56 Å². The summed E-state index contributed by atoms with van der Waals surface area (Å²) in [6.07, 6.45) is -1.43. The monoisotopic (exact) mass is 196 g/mol. The lowest BCUT2D eigenvalue weighted by Gasteiger charge is -2.24. The zero-order valence-corrected chi connectivity index (χ0v) is 7.71. The third kappa shape index (κ3) is 1.92. The number of aliphatic carboxylic acids is 1. The minimum absolute atomic E-state index is 0.375. The van der Waals surface area contributed by atoms with E-state index in [1.807, 2.05) is 0 Å². The molecule has 0 saturated carbocycles. The van der Waals surface area contributed by atoms with Crippen LogP contribution in [0.1, 0.15) is 18.6 Å². The molecule has 0 saturated heterocycles. The van der Waals surface area contributed by atoms with E-state index in [9.17, 15) is 15.0 Å². The maximum absolute atomic E-state index is 10.6. The van der Waals surface area contributed by atoms with Gasteiger partial charge in [0, 0.05) is 0 Å². The van der Waals surface area contributed by atoms with E-state index in [4.69, 9.17) is 5.11 Å². The fourth-order valence-corrected chi connectivity index (χ4v) is 1.08. The predicted octanol–water partition coefficient (Wildman–Crippen LogP) is 0.556. The zero-order valence-electron chi connectivity index (χ0n) is 7.71. The fourth-order valence-electron chi connectivity index (χ4n) is 1.08. The molecule has 14 heavy (non-hydrogen) atoms. The summed E-state index contributed by atoms with van der Waals surface area (Å²) >= 11 is 0. The molecule has 0 aliphatic heterocycles. The molecule has 2 atom stereocenters. The molecule has 0 radical (unpaired) electrons. The molecular formula is C10H12O4. The number of hydrogen-bond acceptors (Lipinski definition) is 3. The Labute approximate surface area is 81.4 Å². The minimum Gasteiger partial charge on any atom is -0.479 e. The molecule has 0 spiro atoms. The largest absolute Gasteiger partial charge is 0.479 e. The first-order valence-electron chi connectivity index (χ1n) is 4.15. The molecule has 1 aromatic carbocycles. The molecule has 0 aliphatic carbocycles. The van der Waals surface area contributed by atoms with Gasteiger partial charge in [-0.05, 0) is 12.5 Å². The lowest BCUT2D eigenvalue weighted by Crippen LogP contribution is -2.41. The zero-order chi connectivity index (χ0) is 10.8. The number of rotatable bonds is 3.